The molecule has 0 spiro atoms. The zero-order valence-corrected chi connectivity index (χ0v) is 13.4. The summed E-state index contributed by atoms with van der Waals surface area (Å²) in [7, 11) is -2.34. The minimum Gasteiger partial charge on any atom is -0.454 e. The molecule has 0 aliphatic carbocycles. The maximum atomic E-state index is 12.8. The van der Waals surface area contributed by atoms with Crippen molar-refractivity contribution in [3.63, 3.8) is 0 Å². The van der Waals surface area contributed by atoms with Crippen molar-refractivity contribution in [3.05, 3.63) is 46.9 Å². The molecule has 0 saturated heterocycles. The molecular formula is C15H13N3O5S. The fraction of sp³-hybridized carbons (Fsp3) is 0.133. The standard InChI is InChI=1S/C15H13N3O5S/c1-18(9-2-5-13-14(6-9)23-8-22-13)24(20,21)10-3-4-11-12(7-10)17-15(19)16-11/h2-7H,8H2,1H3,(H2,16,17,19). The molecule has 0 fully saturated rings. The Kier molecular flexibility index (Phi) is 3.07. The van der Waals surface area contributed by atoms with E-state index in [1.165, 1.54) is 19.2 Å². The number of nitrogens with one attached hydrogen (secondary N) is 2. The average Bonchev–Trinajstić information content (AvgIpc) is 3.17. The molecule has 0 bridgehead atoms. The average molecular weight is 347 g/mol. The van der Waals surface area contributed by atoms with Gasteiger partial charge in [-0.3, -0.25) is 4.31 Å². The molecule has 0 radical (unpaired) electrons. The number of benzene rings is 2. The van der Waals surface area contributed by atoms with Crippen LogP contribution in [0.2, 0.25) is 0 Å². The second-order valence-electron chi connectivity index (χ2n) is 5.30. The molecule has 124 valence electrons. The second kappa shape index (κ2) is 5.03. The first-order valence-corrected chi connectivity index (χ1v) is 8.50. The topological polar surface area (TPSA) is 104 Å². The number of fused-ring (bicyclic) bond motifs is 2. The van der Waals surface area contributed by atoms with Crippen molar-refractivity contribution < 1.29 is 17.9 Å². The summed E-state index contributed by atoms with van der Waals surface area (Å²) in [6.07, 6.45) is 0. The molecule has 24 heavy (non-hydrogen) atoms. The number of hydrogen-bond donors (Lipinski definition) is 2. The van der Waals surface area contributed by atoms with Crippen molar-refractivity contribution >= 4 is 26.7 Å². The third-order valence-electron chi connectivity index (χ3n) is 3.87. The summed E-state index contributed by atoms with van der Waals surface area (Å²) in [6.45, 7) is 0.118. The molecule has 9 heteroatoms. The first-order chi connectivity index (χ1) is 11.4. The van der Waals surface area contributed by atoms with Crippen LogP contribution in [0.5, 0.6) is 11.5 Å². The predicted octanol–water partition coefficient (Wildman–Crippen LogP) is 1.41. The van der Waals surface area contributed by atoms with Gasteiger partial charge in [-0.05, 0) is 30.3 Å². The van der Waals surface area contributed by atoms with E-state index >= 15 is 0 Å². The van der Waals surface area contributed by atoms with Gasteiger partial charge in [0.2, 0.25) is 6.79 Å². The Bertz CT molecular complexity index is 1100. The quantitative estimate of drug-likeness (QED) is 0.745. The normalized spacial score (nSPS) is 13.4. The van der Waals surface area contributed by atoms with Crippen LogP contribution in [0, 0.1) is 0 Å². The van der Waals surface area contributed by atoms with E-state index in [0.717, 1.165) is 4.31 Å². The highest BCUT2D eigenvalue weighted by Gasteiger charge is 2.24. The van der Waals surface area contributed by atoms with Crippen LogP contribution in [-0.2, 0) is 10.0 Å². The zero-order chi connectivity index (χ0) is 16.9. The second-order valence-corrected chi connectivity index (χ2v) is 7.27. The molecule has 4 rings (SSSR count). The van der Waals surface area contributed by atoms with Crippen molar-refractivity contribution in [2.45, 2.75) is 4.90 Å². The Hall–Kier alpha value is -2.94. The van der Waals surface area contributed by atoms with E-state index < -0.39 is 10.0 Å². The number of nitrogens with zero attached hydrogens (tertiary/aromatic N) is 1. The number of anilines is 1. The number of ether oxygens (including phenoxy) is 2. The van der Waals surface area contributed by atoms with Crippen molar-refractivity contribution in [1.82, 2.24) is 9.97 Å². The maximum absolute atomic E-state index is 12.8. The van der Waals surface area contributed by atoms with E-state index in [-0.39, 0.29) is 17.4 Å². The molecule has 0 amide bonds. The van der Waals surface area contributed by atoms with Crippen LogP contribution in [0.15, 0.2) is 46.1 Å². The van der Waals surface area contributed by atoms with Crippen LogP contribution in [-0.4, -0.2) is 32.2 Å². The smallest absolute Gasteiger partial charge is 0.323 e. The van der Waals surface area contributed by atoms with E-state index in [9.17, 15) is 13.2 Å². The van der Waals surface area contributed by atoms with Gasteiger partial charge in [-0.1, -0.05) is 0 Å². The third kappa shape index (κ3) is 2.21. The molecule has 2 N–H and O–H groups in total. The zero-order valence-electron chi connectivity index (χ0n) is 12.6. The van der Waals surface area contributed by atoms with Gasteiger partial charge in [0.25, 0.3) is 10.0 Å². The van der Waals surface area contributed by atoms with Crippen molar-refractivity contribution in [2.75, 3.05) is 18.1 Å². The van der Waals surface area contributed by atoms with Gasteiger partial charge in [-0.25, -0.2) is 13.2 Å². The van der Waals surface area contributed by atoms with Crippen LogP contribution >= 0.6 is 0 Å². The summed E-state index contributed by atoms with van der Waals surface area (Å²) >= 11 is 0. The summed E-state index contributed by atoms with van der Waals surface area (Å²) in [5.74, 6) is 1.08. The van der Waals surface area contributed by atoms with Crippen molar-refractivity contribution in [2.24, 2.45) is 0 Å². The number of sulfonamides is 1. The summed E-state index contributed by atoms with van der Waals surface area (Å²) in [5, 5.41) is 0. The number of aromatic amines is 2. The highest BCUT2D eigenvalue weighted by molar-refractivity contribution is 7.92. The summed E-state index contributed by atoms with van der Waals surface area (Å²) in [4.78, 5) is 16.5. The van der Waals surface area contributed by atoms with Crippen LogP contribution in [0.1, 0.15) is 0 Å². The van der Waals surface area contributed by atoms with Gasteiger partial charge in [0, 0.05) is 13.1 Å². The fourth-order valence-corrected chi connectivity index (χ4v) is 3.76. The number of H-pyrrole nitrogens is 2. The number of aromatic nitrogens is 2. The van der Waals surface area contributed by atoms with E-state index in [0.29, 0.717) is 28.2 Å². The van der Waals surface area contributed by atoms with Gasteiger partial charge < -0.3 is 19.4 Å². The lowest BCUT2D eigenvalue weighted by Gasteiger charge is -2.19. The molecule has 0 atom stereocenters. The number of hydrogen-bond acceptors (Lipinski definition) is 5. The molecule has 0 unspecified atom stereocenters. The fourth-order valence-electron chi connectivity index (χ4n) is 2.55. The molecule has 2 heterocycles. The third-order valence-corrected chi connectivity index (χ3v) is 5.65. The van der Waals surface area contributed by atoms with Gasteiger partial charge in [-0.15, -0.1) is 0 Å². The Balaban J connectivity index is 1.76. The molecule has 2 aromatic carbocycles. The summed E-state index contributed by atoms with van der Waals surface area (Å²) < 4.78 is 37.3. The molecule has 3 aromatic rings. The molecular weight excluding hydrogens is 334 g/mol. The predicted molar refractivity (Wildman–Crippen MR) is 87.1 cm³/mol. The molecule has 8 nitrogen and oxygen atoms in total. The lowest BCUT2D eigenvalue weighted by Crippen LogP contribution is -2.26. The largest absolute Gasteiger partial charge is 0.454 e. The van der Waals surface area contributed by atoms with E-state index in [1.54, 1.807) is 24.3 Å². The van der Waals surface area contributed by atoms with Crippen LogP contribution in [0.25, 0.3) is 11.0 Å². The summed E-state index contributed by atoms with van der Waals surface area (Å²) in [6, 6.07) is 9.33. The Labute approximate surface area is 136 Å². The monoisotopic (exact) mass is 347 g/mol. The van der Waals surface area contributed by atoms with E-state index in [4.69, 9.17) is 9.47 Å². The first kappa shape index (κ1) is 14.6. The SMILES string of the molecule is CN(c1ccc2c(c1)OCO2)S(=O)(=O)c1ccc2[nH]c(=O)[nH]c2c1. The number of imidazole rings is 1. The minimum atomic E-state index is -3.79. The van der Waals surface area contributed by atoms with Gasteiger partial charge in [-0.2, -0.15) is 0 Å². The van der Waals surface area contributed by atoms with Gasteiger partial charge in [0.1, 0.15) is 0 Å². The van der Waals surface area contributed by atoms with Crippen LogP contribution in [0.4, 0.5) is 5.69 Å². The highest BCUT2D eigenvalue weighted by Crippen LogP contribution is 2.36. The van der Waals surface area contributed by atoms with Gasteiger partial charge in [0.15, 0.2) is 11.5 Å². The Morgan fingerprint density at radius 1 is 1.00 bits per heavy atom. The molecule has 1 aliphatic rings. The summed E-state index contributed by atoms with van der Waals surface area (Å²) in [5.41, 5.74) is 1.04. The Morgan fingerprint density at radius 2 is 1.75 bits per heavy atom. The molecule has 0 saturated carbocycles. The molecule has 1 aliphatic heterocycles. The lowest BCUT2D eigenvalue weighted by atomic mass is 10.3. The maximum Gasteiger partial charge on any atom is 0.323 e. The van der Waals surface area contributed by atoms with E-state index in [2.05, 4.69) is 9.97 Å². The Morgan fingerprint density at radius 3 is 2.58 bits per heavy atom. The minimum absolute atomic E-state index is 0.0745. The van der Waals surface area contributed by atoms with Gasteiger partial charge in [0.05, 0.1) is 21.6 Å². The van der Waals surface area contributed by atoms with Crippen molar-refractivity contribution in [1.29, 1.82) is 0 Å². The molecule has 1 aromatic heterocycles. The lowest BCUT2D eigenvalue weighted by molar-refractivity contribution is 0.174. The highest BCUT2D eigenvalue weighted by atomic mass is 32.2. The van der Waals surface area contributed by atoms with E-state index in [1.807, 2.05) is 0 Å². The van der Waals surface area contributed by atoms with Crippen LogP contribution in [0.3, 0.4) is 0 Å². The number of rotatable bonds is 3. The van der Waals surface area contributed by atoms with Crippen LogP contribution < -0.4 is 19.5 Å². The van der Waals surface area contributed by atoms with Gasteiger partial charge >= 0.3 is 5.69 Å². The van der Waals surface area contributed by atoms with Crippen molar-refractivity contribution in [3.8, 4) is 11.5 Å². The first-order valence-electron chi connectivity index (χ1n) is 7.06.